The number of ether oxygens (including phenoxy) is 1. The van der Waals surface area contributed by atoms with Crippen molar-refractivity contribution >= 4 is 11.7 Å². The van der Waals surface area contributed by atoms with Crippen LogP contribution in [0.2, 0.25) is 0 Å². The van der Waals surface area contributed by atoms with Gasteiger partial charge in [-0.25, -0.2) is 4.39 Å². The zero-order chi connectivity index (χ0) is 24.7. The van der Waals surface area contributed by atoms with Crippen LogP contribution in [0.1, 0.15) is 32.3 Å². The maximum Gasteiger partial charge on any atom is 0.316 e. The third-order valence-corrected chi connectivity index (χ3v) is 7.07. The Morgan fingerprint density at radius 3 is 2.09 bits per heavy atom. The third-order valence-electron chi connectivity index (χ3n) is 7.07. The molecule has 0 N–H and O–H groups in total. The average molecular weight is 475 g/mol. The van der Waals surface area contributed by atoms with Gasteiger partial charge in [0, 0.05) is 31.9 Å². The number of rotatable bonds is 9. The average Bonchev–Trinajstić information content (AvgIpc) is 2.90. The summed E-state index contributed by atoms with van der Waals surface area (Å²) in [5, 5.41) is 0. The Labute approximate surface area is 208 Å². The summed E-state index contributed by atoms with van der Waals surface area (Å²) in [6.07, 6.45) is 1.71. The largest absolute Gasteiger partial charge is 0.465 e. The molecule has 1 unspecified atom stereocenters. The minimum Gasteiger partial charge on any atom is -0.465 e. The summed E-state index contributed by atoms with van der Waals surface area (Å²) in [7, 11) is 0. The summed E-state index contributed by atoms with van der Waals surface area (Å²) in [6, 6.07) is 25.1. The van der Waals surface area contributed by atoms with E-state index in [0.717, 1.165) is 62.3 Å². The van der Waals surface area contributed by atoms with Crippen LogP contribution in [0.25, 0.3) is 11.1 Å². The number of hydrogen-bond acceptors (Lipinski definition) is 4. The first-order valence-corrected chi connectivity index (χ1v) is 12.6. The zero-order valence-electron chi connectivity index (χ0n) is 20.8. The van der Waals surface area contributed by atoms with Crippen LogP contribution in [0.5, 0.6) is 0 Å². The van der Waals surface area contributed by atoms with Gasteiger partial charge in [-0.1, -0.05) is 54.6 Å². The van der Waals surface area contributed by atoms with Crippen molar-refractivity contribution < 1.29 is 13.9 Å². The minimum atomic E-state index is -0.620. The van der Waals surface area contributed by atoms with Crippen molar-refractivity contribution in [1.82, 2.24) is 4.90 Å². The molecule has 0 spiro atoms. The van der Waals surface area contributed by atoms with Crippen molar-refractivity contribution in [2.24, 2.45) is 0 Å². The van der Waals surface area contributed by atoms with E-state index in [9.17, 15) is 9.18 Å². The quantitative estimate of drug-likeness (QED) is 0.361. The maximum atomic E-state index is 13.2. The number of nitrogens with zero attached hydrogens (tertiary/aromatic N) is 2. The summed E-state index contributed by atoms with van der Waals surface area (Å²) in [6.45, 7) is 9.19. The molecule has 0 saturated carbocycles. The predicted molar refractivity (Wildman–Crippen MR) is 140 cm³/mol. The van der Waals surface area contributed by atoms with Crippen molar-refractivity contribution in [2.45, 2.75) is 32.1 Å². The van der Waals surface area contributed by atoms with Gasteiger partial charge in [-0.3, -0.25) is 9.69 Å². The van der Waals surface area contributed by atoms with Gasteiger partial charge in [-0.15, -0.1) is 0 Å². The molecular formula is C30H35FN2O2. The molecule has 35 heavy (non-hydrogen) atoms. The molecule has 3 aromatic rings. The normalized spacial score (nSPS) is 16.0. The molecule has 184 valence electrons. The van der Waals surface area contributed by atoms with Gasteiger partial charge in [0.25, 0.3) is 0 Å². The number of carbonyl (C=O) groups is 1. The van der Waals surface area contributed by atoms with Gasteiger partial charge in [-0.05, 0) is 74.2 Å². The van der Waals surface area contributed by atoms with Crippen LogP contribution in [0.3, 0.4) is 0 Å². The van der Waals surface area contributed by atoms with Gasteiger partial charge in [0.1, 0.15) is 5.82 Å². The molecule has 1 atom stereocenters. The van der Waals surface area contributed by atoms with E-state index < -0.39 is 5.41 Å². The Morgan fingerprint density at radius 2 is 1.49 bits per heavy atom. The topological polar surface area (TPSA) is 32.8 Å². The van der Waals surface area contributed by atoms with E-state index in [1.807, 2.05) is 56.3 Å². The number of hydrogen-bond donors (Lipinski definition) is 0. The first kappa shape index (κ1) is 24.9. The van der Waals surface area contributed by atoms with Crippen LogP contribution in [0, 0.1) is 5.82 Å². The lowest BCUT2D eigenvalue weighted by atomic mass is 9.78. The Morgan fingerprint density at radius 1 is 0.886 bits per heavy atom. The molecule has 0 bridgehead atoms. The lowest BCUT2D eigenvalue weighted by Gasteiger charge is -2.37. The summed E-state index contributed by atoms with van der Waals surface area (Å²) >= 11 is 0. The summed E-state index contributed by atoms with van der Waals surface area (Å²) in [5.74, 6) is -0.353. The Kier molecular flexibility index (Phi) is 8.19. The monoisotopic (exact) mass is 474 g/mol. The molecule has 4 rings (SSSR count). The van der Waals surface area contributed by atoms with Crippen molar-refractivity contribution in [3.8, 4) is 11.1 Å². The van der Waals surface area contributed by atoms with E-state index in [1.165, 1.54) is 17.8 Å². The molecule has 1 fully saturated rings. The van der Waals surface area contributed by atoms with Crippen LogP contribution in [0.4, 0.5) is 10.1 Å². The fourth-order valence-electron chi connectivity index (χ4n) is 4.85. The number of esters is 1. The molecular weight excluding hydrogens is 439 g/mol. The Balaban J connectivity index is 1.29. The number of benzene rings is 3. The van der Waals surface area contributed by atoms with Crippen molar-refractivity contribution in [1.29, 1.82) is 0 Å². The highest BCUT2D eigenvalue weighted by Crippen LogP contribution is 2.31. The highest BCUT2D eigenvalue weighted by atomic mass is 19.1. The Hall–Kier alpha value is -3.18. The van der Waals surface area contributed by atoms with Gasteiger partial charge in [0.15, 0.2) is 0 Å². The number of piperazine rings is 1. The van der Waals surface area contributed by atoms with Crippen molar-refractivity contribution in [3.63, 3.8) is 0 Å². The van der Waals surface area contributed by atoms with Crippen LogP contribution in [0.15, 0.2) is 78.9 Å². The van der Waals surface area contributed by atoms with E-state index >= 15 is 0 Å². The Bertz CT molecular complexity index is 1080. The first-order valence-electron chi connectivity index (χ1n) is 12.6. The van der Waals surface area contributed by atoms with E-state index in [4.69, 9.17) is 4.74 Å². The molecule has 0 radical (unpaired) electrons. The second-order valence-electron chi connectivity index (χ2n) is 9.40. The molecule has 4 nitrogen and oxygen atoms in total. The highest BCUT2D eigenvalue weighted by molar-refractivity contribution is 5.82. The minimum absolute atomic E-state index is 0.139. The molecule has 0 amide bonds. The van der Waals surface area contributed by atoms with Crippen LogP contribution in [-0.2, 0) is 14.9 Å². The highest BCUT2D eigenvalue weighted by Gasteiger charge is 2.36. The van der Waals surface area contributed by atoms with E-state index in [0.29, 0.717) is 6.61 Å². The fourth-order valence-corrected chi connectivity index (χ4v) is 4.85. The van der Waals surface area contributed by atoms with Crippen LogP contribution in [-0.4, -0.2) is 50.2 Å². The van der Waals surface area contributed by atoms with E-state index in [2.05, 4.69) is 34.1 Å². The van der Waals surface area contributed by atoms with E-state index in [-0.39, 0.29) is 11.8 Å². The molecule has 1 aliphatic rings. The van der Waals surface area contributed by atoms with Gasteiger partial charge in [-0.2, -0.15) is 0 Å². The van der Waals surface area contributed by atoms with Gasteiger partial charge in [0.05, 0.1) is 12.0 Å². The number of anilines is 1. The van der Waals surface area contributed by atoms with E-state index in [1.54, 1.807) is 0 Å². The maximum absolute atomic E-state index is 13.2. The molecule has 5 heteroatoms. The van der Waals surface area contributed by atoms with Crippen molar-refractivity contribution in [3.05, 3.63) is 90.2 Å². The van der Waals surface area contributed by atoms with Crippen LogP contribution < -0.4 is 4.90 Å². The van der Waals surface area contributed by atoms with Crippen LogP contribution >= 0.6 is 0 Å². The summed E-state index contributed by atoms with van der Waals surface area (Å²) < 4.78 is 18.6. The molecule has 0 aliphatic carbocycles. The molecule has 1 heterocycles. The number of carbonyl (C=O) groups excluding carboxylic acids is 1. The third kappa shape index (κ3) is 6.09. The smallest absolute Gasteiger partial charge is 0.316 e. The fraction of sp³-hybridized carbons (Fsp3) is 0.367. The lowest BCUT2D eigenvalue weighted by molar-refractivity contribution is -0.149. The SMILES string of the molecule is CCOC(=O)C(C)(CCCN1CCN(c2ccc(-c3ccc(F)cc3)cc2)CC1)c1ccccc1. The molecule has 1 aliphatic heterocycles. The standard InChI is InChI=1S/C30H35FN2O2/c1-3-35-29(34)30(2,26-8-5-4-6-9-26)18-7-19-32-20-22-33(23-21-32)28-16-12-25(13-17-28)24-10-14-27(31)15-11-24/h4-6,8-17H,3,7,18-23H2,1-2H3. The summed E-state index contributed by atoms with van der Waals surface area (Å²) in [4.78, 5) is 17.7. The van der Waals surface area contributed by atoms with Gasteiger partial charge >= 0.3 is 5.97 Å². The van der Waals surface area contributed by atoms with Gasteiger partial charge in [0.2, 0.25) is 0 Å². The van der Waals surface area contributed by atoms with Crippen molar-refractivity contribution in [2.75, 3.05) is 44.2 Å². The summed E-state index contributed by atoms with van der Waals surface area (Å²) in [5.41, 5.74) is 3.73. The zero-order valence-corrected chi connectivity index (χ0v) is 20.8. The second-order valence-corrected chi connectivity index (χ2v) is 9.40. The molecule has 3 aromatic carbocycles. The lowest BCUT2D eigenvalue weighted by Crippen LogP contribution is -2.47. The van der Waals surface area contributed by atoms with Gasteiger partial charge < -0.3 is 9.64 Å². The molecule has 0 aromatic heterocycles. The molecule has 1 saturated heterocycles. The second kappa shape index (κ2) is 11.5. The number of halogens is 1. The first-order chi connectivity index (χ1) is 17.0. The predicted octanol–water partition coefficient (Wildman–Crippen LogP) is 5.92.